The number of benzene rings is 2. The Kier molecular flexibility index (Phi) is 5.26. The molecule has 0 bridgehead atoms. The molecule has 0 fully saturated rings. The summed E-state index contributed by atoms with van der Waals surface area (Å²) >= 11 is 0. The molecular formula is C19H11F4N5O3S. The van der Waals surface area contributed by atoms with Crippen molar-refractivity contribution in [2.45, 2.75) is 4.90 Å². The number of carbonyl (C=O) groups excluding carboxylic acids is 1. The fourth-order valence-corrected chi connectivity index (χ4v) is 3.92. The summed E-state index contributed by atoms with van der Waals surface area (Å²) in [4.78, 5) is 21.9. The van der Waals surface area contributed by atoms with Gasteiger partial charge in [-0.2, -0.15) is 0 Å². The molecule has 2 heterocycles. The summed E-state index contributed by atoms with van der Waals surface area (Å²) in [6.45, 7) is 0. The number of H-pyrrole nitrogens is 1. The first-order valence-electron chi connectivity index (χ1n) is 8.72. The van der Waals surface area contributed by atoms with Gasteiger partial charge in [-0.25, -0.2) is 35.9 Å². The van der Waals surface area contributed by atoms with Gasteiger partial charge in [0.1, 0.15) is 28.0 Å². The van der Waals surface area contributed by atoms with Crippen LogP contribution in [0, 0.1) is 23.3 Å². The zero-order valence-corrected chi connectivity index (χ0v) is 16.5. The average molecular weight is 465 g/mol. The summed E-state index contributed by atoms with van der Waals surface area (Å²) in [6.07, 6.45) is 2.48. The highest BCUT2D eigenvalue weighted by Crippen LogP contribution is 2.29. The fraction of sp³-hybridized carbons (Fsp3) is 0. The maximum atomic E-state index is 14.9. The van der Waals surface area contributed by atoms with E-state index in [2.05, 4.69) is 15.0 Å². The second-order valence-corrected chi connectivity index (χ2v) is 8.07. The molecule has 13 heteroatoms. The van der Waals surface area contributed by atoms with Crippen LogP contribution in [-0.2, 0) is 10.0 Å². The van der Waals surface area contributed by atoms with E-state index in [9.17, 15) is 30.8 Å². The van der Waals surface area contributed by atoms with Gasteiger partial charge in [0, 0.05) is 6.20 Å². The van der Waals surface area contributed by atoms with Gasteiger partial charge < -0.3 is 10.3 Å². The van der Waals surface area contributed by atoms with Gasteiger partial charge in [0.25, 0.3) is 15.9 Å². The number of aromatic nitrogens is 3. The van der Waals surface area contributed by atoms with Gasteiger partial charge in [-0.3, -0.25) is 9.52 Å². The monoisotopic (exact) mass is 465 g/mol. The van der Waals surface area contributed by atoms with Gasteiger partial charge in [0.2, 0.25) is 0 Å². The molecule has 3 N–H and O–H groups in total. The smallest absolute Gasteiger partial charge is 0.265 e. The van der Waals surface area contributed by atoms with Gasteiger partial charge in [0.15, 0.2) is 11.5 Å². The van der Waals surface area contributed by atoms with Crippen LogP contribution in [0.1, 0.15) is 10.4 Å². The number of amides is 1. The second-order valence-electron chi connectivity index (χ2n) is 6.42. The Bertz CT molecular complexity index is 1470. The number of hydrogen-bond acceptors (Lipinski definition) is 5. The molecule has 0 saturated heterocycles. The average Bonchev–Trinajstić information content (AvgIpc) is 3.22. The normalized spacial score (nSPS) is 11.5. The third kappa shape index (κ3) is 3.97. The summed E-state index contributed by atoms with van der Waals surface area (Å²) in [5, 5.41) is 2.01. The fourth-order valence-electron chi connectivity index (χ4n) is 2.77. The van der Waals surface area contributed by atoms with Crippen molar-refractivity contribution in [2.24, 2.45) is 0 Å². The number of nitrogens with zero attached hydrogens (tertiary/aromatic N) is 2. The van der Waals surface area contributed by atoms with E-state index in [0.29, 0.717) is 35.4 Å². The van der Waals surface area contributed by atoms with E-state index in [1.807, 2.05) is 5.32 Å². The molecule has 0 aliphatic carbocycles. The van der Waals surface area contributed by atoms with E-state index < -0.39 is 55.5 Å². The topological polar surface area (TPSA) is 117 Å². The van der Waals surface area contributed by atoms with Crippen LogP contribution < -0.4 is 10.0 Å². The highest BCUT2D eigenvalue weighted by atomic mass is 32.2. The van der Waals surface area contributed by atoms with Crippen LogP contribution in [0.15, 0.2) is 53.8 Å². The van der Waals surface area contributed by atoms with Crippen molar-refractivity contribution in [3.8, 4) is 0 Å². The quantitative estimate of drug-likeness (QED) is 0.390. The Labute approximate surface area is 177 Å². The van der Waals surface area contributed by atoms with Crippen LogP contribution in [0.5, 0.6) is 0 Å². The number of halogens is 4. The number of anilines is 2. The van der Waals surface area contributed by atoms with Crippen molar-refractivity contribution in [3.05, 3.63) is 77.8 Å². The van der Waals surface area contributed by atoms with Gasteiger partial charge in [-0.15, -0.1) is 0 Å². The first-order valence-corrected chi connectivity index (χ1v) is 10.2. The molecular weight excluding hydrogens is 454 g/mol. The van der Waals surface area contributed by atoms with Gasteiger partial charge in [-0.1, -0.05) is 0 Å². The molecule has 0 unspecified atom stereocenters. The van der Waals surface area contributed by atoms with Crippen molar-refractivity contribution < 1.29 is 30.8 Å². The first kappa shape index (κ1) is 21.2. The standard InChI is InChI=1S/C19H11F4N5O3S/c20-10-1-2-11(21)15(6-10)32(30,31)28-13-4-3-12(22)17(16(13)23)27-19(29)9-5-14-18(24-7-9)26-8-25-14/h1-8,28H,(H,27,29)(H,24,25,26). The maximum absolute atomic E-state index is 14.9. The van der Waals surface area contributed by atoms with Crippen LogP contribution in [0.3, 0.4) is 0 Å². The Hall–Kier alpha value is -4.00. The molecule has 0 spiro atoms. The van der Waals surface area contributed by atoms with Crippen molar-refractivity contribution in [2.75, 3.05) is 10.0 Å². The number of aromatic amines is 1. The number of pyridine rings is 1. The highest BCUT2D eigenvalue weighted by Gasteiger charge is 2.24. The number of carbonyl (C=O) groups is 1. The van der Waals surface area contributed by atoms with Crippen molar-refractivity contribution in [3.63, 3.8) is 0 Å². The van der Waals surface area contributed by atoms with Gasteiger partial charge in [-0.05, 0) is 36.4 Å². The molecule has 2 aromatic carbocycles. The molecule has 4 aromatic rings. The third-order valence-corrected chi connectivity index (χ3v) is 5.67. The molecule has 0 saturated carbocycles. The van der Waals surface area contributed by atoms with Crippen LogP contribution in [0.4, 0.5) is 28.9 Å². The molecule has 1 amide bonds. The van der Waals surface area contributed by atoms with E-state index in [1.165, 1.54) is 12.4 Å². The lowest BCUT2D eigenvalue weighted by molar-refractivity contribution is 0.102. The largest absolute Gasteiger partial charge is 0.343 e. The van der Waals surface area contributed by atoms with E-state index in [1.54, 1.807) is 4.72 Å². The molecule has 164 valence electrons. The van der Waals surface area contributed by atoms with Crippen molar-refractivity contribution >= 4 is 38.5 Å². The number of imidazole rings is 1. The third-order valence-electron chi connectivity index (χ3n) is 4.29. The van der Waals surface area contributed by atoms with Crippen LogP contribution in [0.25, 0.3) is 11.2 Å². The maximum Gasteiger partial charge on any atom is 0.265 e. The molecule has 0 aliphatic heterocycles. The van der Waals surface area contributed by atoms with Crippen LogP contribution in [-0.4, -0.2) is 29.3 Å². The summed E-state index contributed by atoms with van der Waals surface area (Å²) in [5.74, 6) is -5.94. The number of fused-ring (bicyclic) bond motifs is 1. The second kappa shape index (κ2) is 7.92. The predicted octanol–water partition coefficient (Wildman–Crippen LogP) is 3.57. The van der Waals surface area contributed by atoms with Crippen LogP contribution >= 0.6 is 0 Å². The first-order chi connectivity index (χ1) is 15.2. The zero-order valence-electron chi connectivity index (χ0n) is 15.7. The molecule has 0 aliphatic rings. The highest BCUT2D eigenvalue weighted by molar-refractivity contribution is 7.92. The Morgan fingerprint density at radius 2 is 1.72 bits per heavy atom. The molecule has 2 aromatic heterocycles. The minimum absolute atomic E-state index is 0.0617. The summed E-state index contributed by atoms with van der Waals surface area (Å²) in [5.41, 5.74) is -1.10. The lowest BCUT2D eigenvalue weighted by atomic mass is 10.2. The summed E-state index contributed by atoms with van der Waals surface area (Å²) in [6, 6.07) is 4.46. The van der Waals surface area contributed by atoms with Crippen LogP contribution in [0.2, 0.25) is 0 Å². The molecule has 0 radical (unpaired) electrons. The van der Waals surface area contributed by atoms with Crippen molar-refractivity contribution in [1.29, 1.82) is 0 Å². The van der Waals surface area contributed by atoms with Crippen molar-refractivity contribution in [1.82, 2.24) is 15.0 Å². The van der Waals surface area contributed by atoms with E-state index in [4.69, 9.17) is 0 Å². The Morgan fingerprint density at radius 1 is 0.969 bits per heavy atom. The number of sulfonamides is 1. The zero-order chi connectivity index (χ0) is 23.0. The minimum Gasteiger partial charge on any atom is -0.343 e. The summed E-state index contributed by atoms with van der Waals surface area (Å²) in [7, 11) is -4.78. The molecule has 32 heavy (non-hydrogen) atoms. The van der Waals surface area contributed by atoms with Gasteiger partial charge in [0.05, 0.1) is 23.1 Å². The summed E-state index contributed by atoms with van der Waals surface area (Å²) < 4.78 is 82.8. The minimum atomic E-state index is -4.78. The molecule has 4 rings (SSSR count). The lowest BCUT2D eigenvalue weighted by Gasteiger charge is -2.13. The molecule has 0 atom stereocenters. The predicted molar refractivity (Wildman–Crippen MR) is 105 cm³/mol. The SMILES string of the molecule is O=C(Nc1c(F)ccc(NS(=O)(=O)c2cc(F)ccc2F)c1F)c1cnc2nc[nH]c2c1. The van der Waals surface area contributed by atoms with Gasteiger partial charge >= 0.3 is 0 Å². The van der Waals surface area contributed by atoms with E-state index in [-0.39, 0.29) is 5.56 Å². The Morgan fingerprint density at radius 3 is 2.50 bits per heavy atom. The lowest BCUT2D eigenvalue weighted by Crippen LogP contribution is -2.18. The molecule has 8 nitrogen and oxygen atoms in total. The number of hydrogen-bond donors (Lipinski definition) is 3. The van der Waals surface area contributed by atoms with E-state index >= 15 is 0 Å². The van der Waals surface area contributed by atoms with E-state index in [0.717, 1.165) is 12.3 Å². The number of nitrogens with one attached hydrogen (secondary N) is 3. The Balaban J connectivity index is 1.65. The number of rotatable bonds is 5.